The zero-order chi connectivity index (χ0) is 24.5. The largest absolute Gasteiger partial charge is 0.404 e. The second kappa shape index (κ2) is 16.7. The molecule has 1 aromatic carbocycles. The molecule has 0 aliphatic carbocycles. The number of likely N-dealkylation sites (N-methyl/N-ethyl adjacent to an activating group) is 1. The average molecular weight is 466 g/mol. The zero-order valence-electron chi connectivity index (χ0n) is 19.1. The fraction of sp³-hybridized carbons (Fsp3) is 0.429. The number of benzene rings is 1. The quantitative estimate of drug-likeness (QED) is 0.284. The minimum atomic E-state index is -0.480. The van der Waals surface area contributed by atoms with E-state index in [9.17, 15) is 14.0 Å². The van der Waals surface area contributed by atoms with Crippen LogP contribution < -0.4 is 21.1 Å². The molecule has 0 bridgehead atoms. The van der Waals surface area contributed by atoms with Crippen molar-refractivity contribution in [1.82, 2.24) is 14.3 Å². The summed E-state index contributed by atoms with van der Waals surface area (Å²) in [5, 5.41) is 13.7. The number of nitriles is 1. The normalized spacial score (nSPS) is 18.7. The number of hydrogen-bond acceptors (Lipinski definition) is 9. The van der Waals surface area contributed by atoms with Crippen LogP contribution in [0.5, 0.6) is 0 Å². The first-order valence-corrected chi connectivity index (χ1v) is 10.5. The Morgan fingerprint density at radius 1 is 1.50 bits per heavy atom. The molecule has 2 rings (SSSR count). The van der Waals surface area contributed by atoms with Gasteiger partial charge in [0.05, 0.1) is 11.6 Å². The highest BCUT2D eigenvalue weighted by molar-refractivity contribution is 7.95. The van der Waals surface area contributed by atoms with Crippen molar-refractivity contribution in [3.05, 3.63) is 41.4 Å². The number of aldehydes is 1. The highest BCUT2D eigenvalue weighted by atomic mass is 32.2. The van der Waals surface area contributed by atoms with Gasteiger partial charge in [-0.3, -0.25) is 9.79 Å². The second-order valence-electron chi connectivity index (χ2n) is 6.65. The van der Waals surface area contributed by atoms with E-state index in [2.05, 4.69) is 27.3 Å². The van der Waals surface area contributed by atoms with E-state index in [0.29, 0.717) is 19.0 Å². The van der Waals surface area contributed by atoms with E-state index in [4.69, 9.17) is 11.0 Å². The molecule has 176 valence electrons. The molecule has 1 amide bonds. The van der Waals surface area contributed by atoms with Crippen LogP contribution in [-0.2, 0) is 9.59 Å². The van der Waals surface area contributed by atoms with E-state index in [1.807, 2.05) is 18.3 Å². The van der Waals surface area contributed by atoms with Gasteiger partial charge in [0.25, 0.3) is 0 Å². The number of amides is 1. The van der Waals surface area contributed by atoms with Gasteiger partial charge in [-0.1, -0.05) is 0 Å². The van der Waals surface area contributed by atoms with Gasteiger partial charge in [-0.25, -0.2) is 13.4 Å². The molecule has 5 N–H and O–H groups in total. The number of halogens is 1. The molecular formula is C21H32FN7O2S. The maximum Gasteiger partial charge on any atom is 0.207 e. The Labute approximate surface area is 193 Å². The summed E-state index contributed by atoms with van der Waals surface area (Å²) in [5.74, 6) is -0.480. The van der Waals surface area contributed by atoms with E-state index >= 15 is 0 Å². The number of anilines is 1. The molecular weight excluding hydrogens is 433 g/mol. The Hall–Kier alpha value is -2.94. The van der Waals surface area contributed by atoms with Crippen molar-refractivity contribution in [3.63, 3.8) is 0 Å². The van der Waals surface area contributed by atoms with Crippen molar-refractivity contribution >= 4 is 36.2 Å². The summed E-state index contributed by atoms with van der Waals surface area (Å²) in [6, 6.07) is 6.60. The summed E-state index contributed by atoms with van der Waals surface area (Å²) < 4.78 is 17.8. The topological polar surface area (TPSA) is 136 Å². The molecule has 0 spiro atoms. The molecule has 1 saturated heterocycles. The van der Waals surface area contributed by atoms with Gasteiger partial charge in [0, 0.05) is 62.0 Å². The summed E-state index contributed by atoms with van der Waals surface area (Å²) in [6.45, 7) is 4.35. The van der Waals surface area contributed by atoms with Crippen molar-refractivity contribution in [1.29, 1.82) is 5.26 Å². The van der Waals surface area contributed by atoms with E-state index in [-0.39, 0.29) is 11.6 Å². The highest BCUT2D eigenvalue weighted by Gasteiger charge is 2.22. The number of carbonyl (C=O) groups is 2. The van der Waals surface area contributed by atoms with Gasteiger partial charge in [0.2, 0.25) is 6.41 Å². The SMILES string of the molecule is CC1CC(C=O)N(C)SN1.CN=C(C)/C(=C\N)CNC=O.CNc1ccc(F)c(C#N)c1. The average Bonchev–Trinajstić information content (AvgIpc) is 2.82. The van der Waals surface area contributed by atoms with Gasteiger partial charge in [-0.2, -0.15) is 5.26 Å². The minimum Gasteiger partial charge on any atom is -0.404 e. The Balaban J connectivity index is 0.000000451. The number of hydrogen-bond donors (Lipinski definition) is 4. The number of nitrogens with one attached hydrogen (secondary N) is 3. The van der Waals surface area contributed by atoms with Gasteiger partial charge in [0.15, 0.2) is 0 Å². The van der Waals surface area contributed by atoms with Crippen LogP contribution in [0.25, 0.3) is 0 Å². The fourth-order valence-electron chi connectivity index (χ4n) is 2.31. The summed E-state index contributed by atoms with van der Waals surface area (Å²) in [4.78, 5) is 24.3. The first-order valence-electron chi connectivity index (χ1n) is 9.77. The van der Waals surface area contributed by atoms with Crippen molar-refractivity contribution in [2.24, 2.45) is 10.7 Å². The lowest BCUT2D eigenvalue weighted by Crippen LogP contribution is -2.42. The standard InChI is InChI=1S/C8H7FN2.C7H13N3O.C6H12N2OS/c1-11-7-2-3-8(9)6(4-7)5-10;1-6(9-2)7(3-8)4-10-5-11;1-5-3-6(4-9)8(2)10-7-5/h2-4,11H,1H3;3,5H,4,8H2,1-2H3,(H,10,11);4-7H,3H2,1-2H3/b;7-3-,9-6?;. The third kappa shape index (κ3) is 10.9. The summed E-state index contributed by atoms with van der Waals surface area (Å²) in [6.07, 6.45) is 3.99. The predicted molar refractivity (Wildman–Crippen MR) is 128 cm³/mol. The van der Waals surface area contributed by atoms with Crippen LogP contribution in [0.15, 0.2) is 35.0 Å². The molecule has 1 fully saturated rings. The Kier molecular flexibility index (Phi) is 15.2. The summed E-state index contributed by atoms with van der Waals surface area (Å²) >= 11 is 1.51. The lowest BCUT2D eigenvalue weighted by molar-refractivity contribution is -0.111. The Morgan fingerprint density at radius 2 is 2.19 bits per heavy atom. The molecule has 0 aromatic heterocycles. The molecule has 2 atom stereocenters. The Bertz CT molecular complexity index is 827. The Morgan fingerprint density at radius 3 is 2.66 bits per heavy atom. The lowest BCUT2D eigenvalue weighted by atomic mass is 10.1. The van der Waals surface area contributed by atoms with Gasteiger partial charge >= 0.3 is 0 Å². The number of rotatable bonds is 6. The zero-order valence-corrected chi connectivity index (χ0v) is 19.9. The van der Waals surface area contributed by atoms with E-state index in [1.165, 1.54) is 30.5 Å². The van der Waals surface area contributed by atoms with Gasteiger partial charge < -0.3 is 21.2 Å². The molecule has 9 nitrogen and oxygen atoms in total. The van der Waals surface area contributed by atoms with Crippen LogP contribution in [-0.4, -0.2) is 62.5 Å². The van der Waals surface area contributed by atoms with Crippen LogP contribution >= 0.6 is 12.1 Å². The maximum atomic E-state index is 12.7. The van der Waals surface area contributed by atoms with E-state index in [0.717, 1.165) is 29.7 Å². The number of nitrogens with two attached hydrogens (primary N) is 1. The molecule has 1 aliphatic heterocycles. The smallest absolute Gasteiger partial charge is 0.207 e. The first kappa shape index (κ1) is 29.1. The van der Waals surface area contributed by atoms with Crippen LogP contribution in [0, 0.1) is 17.1 Å². The van der Waals surface area contributed by atoms with Crippen LogP contribution in [0.3, 0.4) is 0 Å². The molecule has 11 heteroatoms. The number of carbonyl (C=O) groups excluding carboxylic acids is 2. The lowest BCUT2D eigenvalue weighted by Gasteiger charge is -2.31. The minimum absolute atomic E-state index is 0.0665. The third-order valence-corrected chi connectivity index (χ3v) is 5.44. The van der Waals surface area contributed by atoms with Crippen molar-refractivity contribution in [2.45, 2.75) is 32.4 Å². The second-order valence-corrected chi connectivity index (χ2v) is 7.65. The molecule has 0 saturated carbocycles. The summed E-state index contributed by atoms with van der Waals surface area (Å²) in [7, 11) is 5.32. The molecule has 32 heavy (non-hydrogen) atoms. The molecule has 0 radical (unpaired) electrons. The van der Waals surface area contributed by atoms with E-state index < -0.39 is 5.82 Å². The van der Waals surface area contributed by atoms with Gasteiger partial charge in [0.1, 0.15) is 18.2 Å². The number of aliphatic imine (C=N–C) groups is 1. The van der Waals surface area contributed by atoms with Crippen molar-refractivity contribution in [3.8, 4) is 6.07 Å². The summed E-state index contributed by atoms with van der Waals surface area (Å²) in [5.41, 5.74) is 7.76. The first-order chi connectivity index (χ1) is 15.3. The molecule has 1 aliphatic rings. The monoisotopic (exact) mass is 465 g/mol. The van der Waals surface area contributed by atoms with Gasteiger partial charge in [-0.15, -0.1) is 0 Å². The van der Waals surface area contributed by atoms with Crippen LogP contribution in [0.1, 0.15) is 25.8 Å². The third-order valence-electron chi connectivity index (χ3n) is 4.37. The number of nitrogens with zero attached hydrogens (tertiary/aromatic N) is 3. The highest BCUT2D eigenvalue weighted by Crippen LogP contribution is 2.18. The fourth-order valence-corrected chi connectivity index (χ4v) is 3.02. The van der Waals surface area contributed by atoms with Crippen molar-refractivity contribution in [2.75, 3.05) is 33.0 Å². The van der Waals surface area contributed by atoms with Crippen LogP contribution in [0.4, 0.5) is 10.1 Å². The van der Waals surface area contributed by atoms with E-state index in [1.54, 1.807) is 26.2 Å². The van der Waals surface area contributed by atoms with Crippen LogP contribution in [0.2, 0.25) is 0 Å². The predicted octanol–water partition coefficient (Wildman–Crippen LogP) is 1.84. The van der Waals surface area contributed by atoms with Crippen molar-refractivity contribution < 1.29 is 14.0 Å². The van der Waals surface area contributed by atoms with Gasteiger partial charge in [-0.05, 0) is 45.5 Å². The molecule has 1 heterocycles. The molecule has 1 aromatic rings. The maximum absolute atomic E-state index is 12.7. The molecule has 2 unspecified atom stereocenters.